The molecule has 1 fully saturated rings. The monoisotopic (exact) mass is 312 g/mol. The summed E-state index contributed by atoms with van der Waals surface area (Å²) in [5, 5.41) is 0.612. The molecule has 1 rings (SSSR count). The number of hydrogen-bond donors (Lipinski definition) is 1. The fraction of sp³-hybridized carbons (Fsp3) is 0. The zero-order chi connectivity index (χ0) is 8.59. The fourth-order valence-corrected chi connectivity index (χ4v) is 0.772. The van der Waals surface area contributed by atoms with Crippen LogP contribution >= 0.6 is 23.6 Å². The van der Waals surface area contributed by atoms with E-state index in [-0.39, 0.29) is 38.2 Å². The van der Waals surface area contributed by atoms with Crippen LogP contribution in [-0.4, -0.2) is 26.9 Å². The first-order valence-corrected chi connectivity index (χ1v) is 3.10. The number of hydrogen-bond acceptors (Lipinski definition) is 3. The number of urea groups is 3. The molecular formula is C3H2BrCl3N3O3-. The molecule has 0 spiro atoms. The number of imide groups is 3. The maximum absolute atomic E-state index is 10.7. The van der Waals surface area contributed by atoms with Gasteiger partial charge in [0.25, 0.3) is 0 Å². The lowest BCUT2D eigenvalue weighted by molar-refractivity contribution is -0.463. The highest BCUT2D eigenvalue weighted by Gasteiger charge is 2.41. The molecule has 0 saturated carbocycles. The highest BCUT2D eigenvalue weighted by molar-refractivity contribution is 6.38. The standard InChI is InChI=1S/C3HCl2N3O3.BrH.ClH/c4-7-1(9)6-2(10)8(5)3(7)11;;/h(H,6,9,10);2*1H/p-1. The van der Waals surface area contributed by atoms with E-state index in [2.05, 4.69) is 0 Å². The molecule has 1 heterocycles. The first-order chi connectivity index (χ1) is 5.04. The minimum absolute atomic E-state index is 0. The molecule has 0 unspecified atom stereocenters. The smallest absolute Gasteiger partial charge is 0.448 e. The fourth-order valence-electron chi connectivity index (χ4n) is 0.485. The van der Waals surface area contributed by atoms with Gasteiger partial charge in [-0.2, -0.15) is 5.32 Å². The number of nitrogens with zero attached hydrogens (tertiary/aromatic N) is 2. The van der Waals surface area contributed by atoms with Gasteiger partial charge in [0.15, 0.2) is 0 Å². The molecule has 2 N–H and O–H groups in total. The third kappa shape index (κ3) is 2.96. The maximum Gasteiger partial charge on any atom is 0.448 e. The van der Waals surface area contributed by atoms with Crippen molar-refractivity contribution in [2.24, 2.45) is 0 Å². The van der Waals surface area contributed by atoms with Crippen molar-refractivity contribution in [3.63, 3.8) is 0 Å². The molecule has 1 aliphatic rings. The molecule has 0 atom stereocenters. The van der Waals surface area contributed by atoms with E-state index < -0.39 is 18.1 Å². The average molecular weight is 314 g/mol. The van der Waals surface area contributed by atoms with Gasteiger partial charge in [0.1, 0.15) is 0 Å². The Morgan fingerprint density at radius 3 is 1.62 bits per heavy atom. The second-order valence-corrected chi connectivity index (χ2v) is 2.34. The third-order valence-electron chi connectivity index (χ3n) is 0.970. The zero-order valence-corrected chi connectivity index (χ0v) is 9.56. The number of quaternary nitrogens is 1. The molecule has 0 aliphatic carbocycles. The molecule has 0 aromatic heterocycles. The van der Waals surface area contributed by atoms with E-state index in [4.69, 9.17) is 23.6 Å². The summed E-state index contributed by atoms with van der Waals surface area (Å²) in [4.78, 5) is 31.8. The van der Waals surface area contributed by atoms with E-state index in [0.717, 1.165) is 0 Å². The Labute approximate surface area is 99.5 Å². The Bertz CT molecular complexity index is 227. The molecule has 10 heteroatoms. The SMILES string of the molecule is O=C1[NH2+]C(=O)N(Cl)C(=O)N1Cl.[Br-].[Cl-]. The van der Waals surface area contributed by atoms with Crippen molar-refractivity contribution in [2.45, 2.75) is 0 Å². The van der Waals surface area contributed by atoms with Crippen molar-refractivity contribution in [1.82, 2.24) is 8.84 Å². The maximum atomic E-state index is 10.7. The lowest BCUT2D eigenvalue weighted by Crippen LogP contribution is -3.00. The first-order valence-electron chi connectivity index (χ1n) is 2.42. The Kier molecular flexibility index (Phi) is 6.64. The van der Waals surface area contributed by atoms with Gasteiger partial charge in [0.05, 0.1) is 0 Å². The Hall–Kier alpha value is -0.0800. The topological polar surface area (TPSA) is 74.3 Å². The van der Waals surface area contributed by atoms with Gasteiger partial charge in [-0.25, -0.2) is 14.4 Å². The normalized spacial score (nSPS) is 16.6. The third-order valence-corrected chi connectivity index (χ3v) is 1.59. The van der Waals surface area contributed by atoms with Crippen molar-refractivity contribution < 1.29 is 49.1 Å². The van der Waals surface area contributed by atoms with Gasteiger partial charge in [0.2, 0.25) is 0 Å². The van der Waals surface area contributed by atoms with Crippen molar-refractivity contribution in [3.8, 4) is 0 Å². The van der Waals surface area contributed by atoms with Gasteiger partial charge >= 0.3 is 18.1 Å². The number of rotatable bonds is 0. The summed E-state index contributed by atoms with van der Waals surface area (Å²) >= 11 is 10.2. The lowest BCUT2D eigenvalue weighted by Gasteiger charge is -2.17. The van der Waals surface area contributed by atoms with Crippen LogP contribution in [0.4, 0.5) is 14.4 Å². The number of primary amides is 2. The molecule has 0 radical (unpaired) electrons. The van der Waals surface area contributed by atoms with Crippen LogP contribution in [-0.2, 0) is 0 Å². The van der Waals surface area contributed by atoms with Crippen LogP contribution in [0.25, 0.3) is 0 Å². The Morgan fingerprint density at radius 1 is 1.00 bits per heavy atom. The second-order valence-electron chi connectivity index (χ2n) is 1.67. The van der Waals surface area contributed by atoms with Gasteiger partial charge < -0.3 is 29.4 Å². The summed E-state index contributed by atoms with van der Waals surface area (Å²) in [5.41, 5.74) is 0. The molecule has 0 aromatic carbocycles. The van der Waals surface area contributed by atoms with Gasteiger partial charge in [-0.15, -0.1) is 8.84 Å². The second kappa shape index (κ2) is 5.61. The summed E-state index contributed by atoms with van der Waals surface area (Å²) in [6, 6.07) is -2.84. The van der Waals surface area contributed by atoms with E-state index in [9.17, 15) is 14.4 Å². The largest absolute Gasteiger partial charge is 1.00 e. The minimum atomic E-state index is -1.06. The van der Waals surface area contributed by atoms with E-state index in [0.29, 0.717) is 5.32 Å². The number of halogens is 4. The molecule has 0 aromatic rings. The predicted octanol–water partition coefficient (Wildman–Crippen LogP) is -6.16. The molecule has 6 nitrogen and oxygen atoms in total. The van der Waals surface area contributed by atoms with Crippen LogP contribution in [0.1, 0.15) is 0 Å². The molecule has 1 aliphatic heterocycles. The van der Waals surface area contributed by atoms with Crippen LogP contribution in [0.2, 0.25) is 0 Å². The molecule has 1 saturated heterocycles. The van der Waals surface area contributed by atoms with Crippen LogP contribution < -0.4 is 34.7 Å². The number of amides is 6. The van der Waals surface area contributed by atoms with Crippen LogP contribution in [0.3, 0.4) is 0 Å². The van der Waals surface area contributed by atoms with Crippen LogP contribution in [0.15, 0.2) is 0 Å². The highest BCUT2D eigenvalue weighted by atomic mass is 79.9. The van der Waals surface area contributed by atoms with Gasteiger partial charge in [-0.3, -0.25) is 0 Å². The Morgan fingerprint density at radius 2 is 1.31 bits per heavy atom. The van der Waals surface area contributed by atoms with E-state index in [1.165, 1.54) is 0 Å². The molecule has 13 heavy (non-hydrogen) atoms. The van der Waals surface area contributed by atoms with Crippen molar-refractivity contribution >= 4 is 41.6 Å². The predicted molar refractivity (Wildman–Crippen MR) is 33.5 cm³/mol. The van der Waals surface area contributed by atoms with E-state index in [1.807, 2.05) is 0 Å². The minimum Gasteiger partial charge on any atom is -1.00 e. The highest BCUT2D eigenvalue weighted by Crippen LogP contribution is 2.07. The molecule has 6 amide bonds. The number of nitrogens with two attached hydrogens (primary N) is 1. The van der Waals surface area contributed by atoms with Crippen molar-refractivity contribution in [2.75, 3.05) is 0 Å². The van der Waals surface area contributed by atoms with Gasteiger partial charge in [-0.1, -0.05) is 0 Å². The van der Waals surface area contributed by atoms with Crippen molar-refractivity contribution in [3.05, 3.63) is 0 Å². The summed E-state index contributed by atoms with van der Waals surface area (Å²) in [6.45, 7) is 0. The summed E-state index contributed by atoms with van der Waals surface area (Å²) < 4.78 is 0.433. The summed E-state index contributed by atoms with van der Waals surface area (Å²) in [6.07, 6.45) is 0. The van der Waals surface area contributed by atoms with E-state index in [1.54, 1.807) is 0 Å². The molecule has 76 valence electrons. The summed E-state index contributed by atoms with van der Waals surface area (Å²) in [7, 11) is 0. The molecule has 0 bridgehead atoms. The summed E-state index contributed by atoms with van der Waals surface area (Å²) in [5.74, 6) is 0. The first kappa shape index (κ1) is 15.4. The van der Waals surface area contributed by atoms with Crippen LogP contribution in [0, 0.1) is 0 Å². The van der Waals surface area contributed by atoms with Gasteiger partial charge in [-0.05, 0) is 0 Å². The average Bonchev–Trinajstić information content (AvgIpc) is 1.97. The molecular weight excluding hydrogens is 312 g/mol. The lowest BCUT2D eigenvalue weighted by atomic mass is 10.7. The zero-order valence-electron chi connectivity index (χ0n) is 5.71. The van der Waals surface area contributed by atoms with E-state index >= 15 is 0 Å². The Balaban J connectivity index is 0. The number of carbonyl (C=O) groups excluding carboxylic acids is 3. The van der Waals surface area contributed by atoms with Crippen LogP contribution in [0.5, 0.6) is 0 Å². The van der Waals surface area contributed by atoms with Crippen molar-refractivity contribution in [1.29, 1.82) is 0 Å². The van der Waals surface area contributed by atoms with Gasteiger partial charge in [0, 0.05) is 23.6 Å². The number of carbonyl (C=O) groups is 3. The quantitative estimate of drug-likeness (QED) is 0.452.